The molecule has 0 saturated carbocycles. The second-order valence-corrected chi connectivity index (χ2v) is 9.58. The summed E-state index contributed by atoms with van der Waals surface area (Å²) in [5.74, 6) is 0. The van der Waals surface area contributed by atoms with Gasteiger partial charge < -0.3 is 9.66 Å². The molecule has 1 N–H and O–H groups in total. The zero-order valence-electron chi connectivity index (χ0n) is 18.3. The van der Waals surface area contributed by atoms with E-state index in [4.69, 9.17) is 0 Å². The maximum atomic E-state index is 11.5. The summed E-state index contributed by atoms with van der Waals surface area (Å²) in [5, 5.41) is 8.52. The van der Waals surface area contributed by atoms with Crippen LogP contribution in [-0.4, -0.2) is 29.4 Å². The van der Waals surface area contributed by atoms with Crippen LogP contribution in [0.1, 0.15) is 123 Å². The van der Waals surface area contributed by atoms with Gasteiger partial charge in [-0.15, -0.1) is 0 Å². The Balaban J connectivity index is 0. The molecule has 0 aliphatic rings. The molecular formula is C21H43NaO4S. The molecule has 2 atom stereocenters. The van der Waals surface area contributed by atoms with E-state index in [1.807, 2.05) is 6.92 Å². The molecular weight excluding hydrogens is 371 g/mol. The summed E-state index contributed by atoms with van der Waals surface area (Å²) >= 11 is 0. The first-order chi connectivity index (χ1) is 12.4. The van der Waals surface area contributed by atoms with Crippen molar-refractivity contribution in [1.29, 1.82) is 0 Å². The largest absolute Gasteiger partial charge is 1.00 e. The van der Waals surface area contributed by atoms with Crippen molar-refractivity contribution in [2.24, 2.45) is 0 Å². The van der Waals surface area contributed by atoms with Crippen molar-refractivity contribution in [2.75, 3.05) is 0 Å². The second kappa shape index (κ2) is 20.2. The van der Waals surface area contributed by atoms with Gasteiger partial charge in [0.25, 0.3) is 0 Å². The molecule has 0 saturated heterocycles. The summed E-state index contributed by atoms with van der Waals surface area (Å²) in [5.41, 5.74) is 0. The van der Waals surface area contributed by atoms with Crippen molar-refractivity contribution < 1.29 is 47.6 Å². The SMILES string of the molecule is CCCCCCCCCC(CCCCCCCCCC(C)O)S(=O)(=O)[O-].[Na+]. The van der Waals surface area contributed by atoms with E-state index in [0.29, 0.717) is 12.8 Å². The maximum absolute atomic E-state index is 11.5. The van der Waals surface area contributed by atoms with Crippen molar-refractivity contribution in [3.05, 3.63) is 0 Å². The third-order valence-electron chi connectivity index (χ3n) is 5.19. The van der Waals surface area contributed by atoms with E-state index in [9.17, 15) is 18.1 Å². The molecule has 0 fully saturated rings. The van der Waals surface area contributed by atoms with Gasteiger partial charge in [-0.05, 0) is 26.2 Å². The van der Waals surface area contributed by atoms with Gasteiger partial charge in [0.2, 0.25) is 0 Å². The second-order valence-electron chi connectivity index (χ2n) is 7.93. The molecule has 0 bridgehead atoms. The topological polar surface area (TPSA) is 77.4 Å². The molecule has 0 aliphatic heterocycles. The van der Waals surface area contributed by atoms with Gasteiger partial charge >= 0.3 is 29.6 Å². The van der Waals surface area contributed by atoms with Gasteiger partial charge in [-0.2, -0.15) is 0 Å². The molecule has 0 aromatic rings. The van der Waals surface area contributed by atoms with Gasteiger partial charge in [0, 0.05) is 5.25 Å². The molecule has 0 rings (SSSR count). The van der Waals surface area contributed by atoms with E-state index in [-0.39, 0.29) is 35.7 Å². The van der Waals surface area contributed by atoms with Crippen molar-refractivity contribution in [2.45, 2.75) is 134 Å². The molecule has 6 heteroatoms. The van der Waals surface area contributed by atoms with E-state index in [0.717, 1.165) is 64.2 Å². The van der Waals surface area contributed by atoms with Crippen LogP contribution < -0.4 is 29.6 Å². The third kappa shape index (κ3) is 21.4. The molecule has 158 valence electrons. The number of hydrogen-bond donors (Lipinski definition) is 1. The predicted octanol–water partition coefficient (Wildman–Crippen LogP) is 2.94. The smallest absolute Gasteiger partial charge is 0.748 e. The summed E-state index contributed by atoms with van der Waals surface area (Å²) in [6.45, 7) is 4.02. The minimum absolute atomic E-state index is 0. The van der Waals surface area contributed by atoms with Crippen molar-refractivity contribution in [3.63, 3.8) is 0 Å². The molecule has 0 spiro atoms. The molecule has 2 unspecified atom stereocenters. The standard InChI is InChI=1S/C21H44O4S.Na/c1-3-4-5-6-8-12-15-18-21(26(23,24)25)19-16-13-10-7-9-11-14-17-20(2)22;/h20-22H,3-19H2,1-2H3,(H,23,24,25);/q;+1/p-1. The molecule has 0 aromatic heterocycles. The summed E-state index contributed by atoms with van der Waals surface area (Å²) in [4.78, 5) is 0. The fourth-order valence-corrected chi connectivity index (χ4v) is 4.37. The van der Waals surface area contributed by atoms with Crippen LogP contribution in [0.5, 0.6) is 0 Å². The maximum Gasteiger partial charge on any atom is 1.00 e. The predicted molar refractivity (Wildman–Crippen MR) is 109 cm³/mol. The fourth-order valence-electron chi connectivity index (χ4n) is 3.46. The zero-order chi connectivity index (χ0) is 19.7. The number of rotatable bonds is 19. The zero-order valence-corrected chi connectivity index (χ0v) is 21.1. The Morgan fingerprint density at radius 3 is 1.37 bits per heavy atom. The first-order valence-corrected chi connectivity index (χ1v) is 12.5. The van der Waals surface area contributed by atoms with Gasteiger partial charge in [-0.25, -0.2) is 8.42 Å². The van der Waals surface area contributed by atoms with Crippen molar-refractivity contribution in [3.8, 4) is 0 Å². The Kier molecular flexibility index (Phi) is 22.4. The van der Waals surface area contributed by atoms with E-state index in [1.165, 1.54) is 32.1 Å². The first kappa shape index (κ1) is 30.1. The number of aliphatic hydroxyl groups excluding tert-OH is 1. The Labute approximate surface area is 191 Å². The normalized spacial score (nSPS) is 13.9. The van der Waals surface area contributed by atoms with Crippen molar-refractivity contribution in [1.82, 2.24) is 0 Å². The minimum Gasteiger partial charge on any atom is -0.748 e. The Morgan fingerprint density at radius 1 is 0.704 bits per heavy atom. The van der Waals surface area contributed by atoms with Crippen LogP contribution >= 0.6 is 0 Å². The van der Waals surface area contributed by atoms with Gasteiger partial charge in [0.05, 0.1) is 16.2 Å². The summed E-state index contributed by atoms with van der Waals surface area (Å²) in [6, 6.07) is 0. The van der Waals surface area contributed by atoms with Crippen LogP contribution in [0, 0.1) is 0 Å². The quantitative estimate of drug-likeness (QED) is 0.200. The monoisotopic (exact) mass is 414 g/mol. The Bertz CT molecular complexity index is 399. The van der Waals surface area contributed by atoms with Crippen LogP contribution in [-0.2, 0) is 10.1 Å². The van der Waals surface area contributed by atoms with Crippen LogP contribution in [0.25, 0.3) is 0 Å². The van der Waals surface area contributed by atoms with Gasteiger partial charge in [0.15, 0.2) is 0 Å². The van der Waals surface area contributed by atoms with E-state index in [2.05, 4.69) is 6.92 Å². The van der Waals surface area contributed by atoms with Crippen LogP contribution in [0.2, 0.25) is 0 Å². The molecule has 0 radical (unpaired) electrons. The summed E-state index contributed by atoms with van der Waals surface area (Å²) < 4.78 is 34.4. The van der Waals surface area contributed by atoms with E-state index >= 15 is 0 Å². The van der Waals surface area contributed by atoms with Crippen molar-refractivity contribution >= 4 is 10.1 Å². The average Bonchev–Trinajstić information content (AvgIpc) is 2.56. The Hall–Kier alpha value is 0.870. The molecule has 0 amide bonds. The van der Waals surface area contributed by atoms with Gasteiger partial charge in [0.1, 0.15) is 0 Å². The number of aliphatic hydroxyl groups is 1. The van der Waals surface area contributed by atoms with Crippen LogP contribution in [0.4, 0.5) is 0 Å². The van der Waals surface area contributed by atoms with Crippen LogP contribution in [0.15, 0.2) is 0 Å². The third-order valence-corrected chi connectivity index (χ3v) is 6.47. The molecule has 0 aliphatic carbocycles. The van der Waals surface area contributed by atoms with E-state index in [1.54, 1.807) is 0 Å². The molecule has 0 aromatic carbocycles. The minimum atomic E-state index is -4.15. The Morgan fingerprint density at radius 2 is 1.04 bits per heavy atom. The van der Waals surface area contributed by atoms with E-state index < -0.39 is 15.4 Å². The summed E-state index contributed by atoms with van der Waals surface area (Å²) in [7, 11) is -4.15. The fraction of sp³-hybridized carbons (Fsp3) is 1.00. The molecule has 4 nitrogen and oxygen atoms in total. The van der Waals surface area contributed by atoms with Gasteiger partial charge in [-0.1, -0.05) is 96.8 Å². The van der Waals surface area contributed by atoms with Gasteiger partial charge in [-0.3, -0.25) is 0 Å². The first-order valence-electron chi connectivity index (χ1n) is 11.0. The average molecular weight is 415 g/mol. The number of unbranched alkanes of at least 4 members (excludes halogenated alkanes) is 12. The van der Waals surface area contributed by atoms with Crippen LogP contribution in [0.3, 0.4) is 0 Å². The molecule has 0 heterocycles. The summed E-state index contributed by atoms with van der Waals surface area (Å²) in [6.07, 6.45) is 17.3. The number of hydrogen-bond acceptors (Lipinski definition) is 4. The molecule has 27 heavy (non-hydrogen) atoms.